The van der Waals surface area contributed by atoms with Crippen molar-refractivity contribution >= 4 is 23.2 Å². The van der Waals surface area contributed by atoms with E-state index in [4.69, 9.17) is 5.73 Å². The van der Waals surface area contributed by atoms with E-state index in [-0.39, 0.29) is 10.7 Å². The van der Waals surface area contributed by atoms with Crippen LogP contribution in [0.15, 0.2) is 24.4 Å². The fourth-order valence-electron chi connectivity index (χ4n) is 1.68. The van der Waals surface area contributed by atoms with Gasteiger partial charge in [0.1, 0.15) is 5.69 Å². The highest BCUT2D eigenvalue weighted by Gasteiger charge is 2.21. The van der Waals surface area contributed by atoms with Crippen LogP contribution in [0.25, 0.3) is 5.65 Å². The molecule has 0 aliphatic carbocycles. The zero-order valence-electron chi connectivity index (χ0n) is 9.78. The molecule has 2 aromatic heterocycles. The molecule has 2 heterocycles. The molecule has 7 heteroatoms. The van der Waals surface area contributed by atoms with E-state index in [0.717, 1.165) is 12.2 Å². The van der Waals surface area contributed by atoms with Crippen molar-refractivity contribution in [2.75, 3.05) is 12.3 Å². The number of fused-ring (bicyclic) bond motifs is 1. The zero-order chi connectivity index (χ0) is 13.0. The summed E-state index contributed by atoms with van der Waals surface area (Å²) in [6.07, 6.45) is 2.57. The van der Waals surface area contributed by atoms with Crippen molar-refractivity contribution in [2.45, 2.75) is 12.2 Å². The zero-order valence-corrected chi connectivity index (χ0v) is 10.6. The number of pyridine rings is 1. The van der Waals surface area contributed by atoms with E-state index >= 15 is 0 Å². The first-order valence-electron chi connectivity index (χ1n) is 5.62. The highest BCUT2D eigenvalue weighted by molar-refractivity contribution is 7.98. The summed E-state index contributed by atoms with van der Waals surface area (Å²) in [6.45, 7) is 0.639. The maximum Gasteiger partial charge on any atom is 0.351 e. The number of hydrogen-bond donors (Lipinski definition) is 1. The van der Waals surface area contributed by atoms with Gasteiger partial charge >= 0.3 is 5.82 Å². The van der Waals surface area contributed by atoms with Gasteiger partial charge in [0.05, 0.1) is 6.20 Å². The van der Waals surface area contributed by atoms with Gasteiger partial charge < -0.3 is 15.8 Å². The summed E-state index contributed by atoms with van der Waals surface area (Å²) in [5, 5.41) is 11.1. The molecule has 0 aliphatic rings. The van der Waals surface area contributed by atoms with Gasteiger partial charge in [0.15, 0.2) is 0 Å². The molecule has 0 aliphatic heterocycles. The third kappa shape index (κ3) is 2.62. The van der Waals surface area contributed by atoms with Gasteiger partial charge in [-0.2, -0.15) is 16.2 Å². The van der Waals surface area contributed by atoms with Crippen molar-refractivity contribution in [3.8, 4) is 0 Å². The number of imidazole rings is 1. The van der Waals surface area contributed by atoms with Crippen molar-refractivity contribution in [3.05, 3.63) is 40.2 Å². The molecule has 0 atom stereocenters. The third-order valence-electron chi connectivity index (χ3n) is 2.48. The minimum Gasteiger partial charge on any atom is -0.358 e. The molecule has 0 spiro atoms. The fraction of sp³-hybridized carbons (Fsp3) is 0.364. The summed E-state index contributed by atoms with van der Waals surface area (Å²) in [7, 11) is 0. The Labute approximate surface area is 108 Å². The first-order valence-corrected chi connectivity index (χ1v) is 6.77. The largest absolute Gasteiger partial charge is 0.358 e. The quantitative estimate of drug-likeness (QED) is 0.489. The summed E-state index contributed by atoms with van der Waals surface area (Å²) in [5.74, 6) is 1.49. The normalized spacial score (nSPS) is 10.9. The summed E-state index contributed by atoms with van der Waals surface area (Å²) in [6, 6.07) is 5.34. The van der Waals surface area contributed by atoms with Crippen LogP contribution in [0.5, 0.6) is 0 Å². The Hall–Kier alpha value is -1.60. The SMILES string of the molecule is NCCCSCc1nc2ccccn2c1[N+](=O)[O-]. The molecule has 2 rings (SSSR count). The monoisotopic (exact) mass is 266 g/mol. The molecule has 0 radical (unpaired) electrons. The van der Waals surface area contributed by atoms with Gasteiger partial charge in [-0.15, -0.1) is 0 Å². The molecule has 6 nitrogen and oxygen atoms in total. The summed E-state index contributed by atoms with van der Waals surface area (Å²) in [5.41, 5.74) is 6.54. The number of rotatable bonds is 6. The van der Waals surface area contributed by atoms with Crippen LogP contribution >= 0.6 is 11.8 Å². The van der Waals surface area contributed by atoms with Crippen molar-refractivity contribution in [2.24, 2.45) is 5.73 Å². The van der Waals surface area contributed by atoms with Crippen molar-refractivity contribution < 1.29 is 4.92 Å². The van der Waals surface area contributed by atoms with Crippen LogP contribution in [0.3, 0.4) is 0 Å². The van der Waals surface area contributed by atoms with Crippen molar-refractivity contribution in [1.29, 1.82) is 0 Å². The number of nitrogens with two attached hydrogens (primary N) is 1. The van der Waals surface area contributed by atoms with E-state index in [0.29, 0.717) is 23.6 Å². The van der Waals surface area contributed by atoms with E-state index in [2.05, 4.69) is 4.98 Å². The average molecular weight is 266 g/mol. The predicted octanol–water partition coefficient (Wildman–Crippen LogP) is 1.82. The van der Waals surface area contributed by atoms with Gasteiger partial charge in [0.2, 0.25) is 5.65 Å². The van der Waals surface area contributed by atoms with Crippen LogP contribution in [0.4, 0.5) is 5.82 Å². The number of thioether (sulfide) groups is 1. The molecule has 96 valence electrons. The van der Waals surface area contributed by atoms with E-state index in [1.165, 1.54) is 4.40 Å². The highest BCUT2D eigenvalue weighted by Crippen LogP contribution is 2.24. The number of aromatic nitrogens is 2. The van der Waals surface area contributed by atoms with Gasteiger partial charge in [-0.3, -0.25) is 0 Å². The average Bonchev–Trinajstić information content (AvgIpc) is 2.73. The second-order valence-electron chi connectivity index (χ2n) is 3.76. The Balaban J connectivity index is 2.25. The lowest BCUT2D eigenvalue weighted by Crippen LogP contribution is -2.00. The van der Waals surface area contributed by atoms with Crippen LogP contribution in [0.2, 0.25) is 0 Å². The van der Waals surface area contributed by atoms with Gasteiger partial charge in [-0.1, -0.05) is 6.07 Å². The summed E-state index contributed by atoms with van der Waals surface area (Å²) in [4.78, 5) is 15.0. The molecule has 0 saturated carbocycles. The molecule has 0 aromatic carbocycles. The first kappa shape index (κ1) is 12.8. The molecule has 18 heavy (non-hydrogen) atoms. The van der Waals surface area contributed by atoms with Gasteiger partial charge in [-0.25, -0.2) is 4.98 Å². The fourth-order valence-corrected chi connectivity index (χ4v) is 2.58. The maximum absolute atomic E-state index is 11.1. The maximum atomic E-state index is 11.1. The summed E-state index contributed by atoms with van der Waals surface area (Å²) < 4.78 is 1.51. The lowest BCUT2D eigenvalue weighted by molar-refractivity contribution is -0.391. The Bertz CT molecular complexity index is 555. The van der Waals surface area contributed by atoms with Crippen LogP contribution in [0.1, 0.15) is 12.1 Å². The minimum atomic E-state index is -0.376. The van der Waals surface area contributed by atoms with Crippen LogP contribution in [-0.4, -0.2) is 26.6 Å². The van der Waals surface area contributed by atoms with Crippen molar-refractivity contribution in [1.82, 2.24) is 9.38 Å². The van der Waals surface area contributed by atoms with E-state index < -0.39 is 0 Å². The molecule has 0 unspecified atom stereocenters. The topological polar surface area (TPSA) is 86.5 Å². The van der Waals surface area contributed by atoms with Gasteiger partial charge in [0, 0.05) is 11.8 Å². The van der Waals surface area contributed by atoms with Crippen LogP contribution in [0, 0.1) is 10.1 Å². The van der Waals surface area contributed by atoms with Gasteiger partial charge in [0.25, 0.3) is 0 Å². The molecule has 0 fully saturated rings. The lowest BCUT2D eigenvalue weighted by atomic mass is 10.5. The Kier molecular flexibility index (Phi) is 4.16. The standard InChI is InChI=1S/C11H14N4O2S/c12-5-3-7-18-8-9-11(15(16)17)14-6-2-1-4-10(14)13-9/h1-2,4,6H,3,5,7-8,12H2. The number of hydrogen-bond acceptors (Lipinski definition) is 5. The number of nitrogens with zero attached hydrogens (tertiary/aromatic N) is 3. The number of nitro groups is 1. The molecule has 0 saturated heterocycles. The Morgan fingerprint density at radius 1 is 1.50 bits per heavy atom. The Morgan fingerprint density at radius 3 is 3.06 bits per heavy atom. The highest BCUT2D eigenvalue weighted by atomic mass is 32.2. The predicted molar refractivity (Wildman–Crippen MR) is 71.7 cm³/mol. The molecule has 0 amide bonds. The molecular weight excluding hydrogens is 252 g/mol. The molecular formula is C11H14N4O2S. The van der Waals surface area contributed by atoms with E-state index in [1.807, 2.05) is 6.07 Å². The second kappa shape index (κ2) is 5.83. The summed E-state index contributed by atoms with van der Waals surface area (Å²) >= 11 is 1.62. The molecule has 0 bridgehead atoms. The second-order valence-corrected chi connectivity index (χ2v) is 4.87. The molecule has 2 N–H and O–H groups in total. The first-order chi connectivity index (χ1) is 8.74. The van der Waals surface area contributed by atoms with Crippen LogP contribution < -0.4 is 5.73 Å². The van der Waals surface area contributed by atoms with E-state index in [1.54, 1.807) is 30.1 Å². The van der Waals surface area contributed by atoms with Gasteiger partial charge in [-0.05, 0) is 29.7 Å². The smallest absolute Gasteiger partial charge is 0.351 e. The van der Waals surface area contributed by atoms with Crippen molar-refractivity contribution in [3.63, 3.8) is 0 Å². The third-order valence-corrected chi connectivity index (χ3v) is 3.53. The van der Waals surface area contributed by atoms with Crippen LogP contribution in [-0.2, 0) is 5.75 Å². The van der Waals surface area contributed by atoms with E-state index in [9.17, 15) is 10.1 Å². The minimum absolute atomic E-state index is 0.0610. The Morgan fingerprint density at radius 2 is 2.33 bits per heavy atom. The molecule has 2 aromatic rings. The lowest BCUT2D eigenvalue weighted by Gasteiger charge is -1.98.